The van der Waals surface area contributed by atoms with E-state index in [1.807, 2.05) is 42.6 Å². The van der Waals surface area contributed by atoms with Crippen molar-refractivity contribution in [2.75, 3.05) is 4.81 Å². The van der Waals surface area contributed by atoms with Gasteiger partial charge in [0.15, 0.2) is 5.82 Å². The topological polar surface area (TPSA) is 48.3 Å². The van der Waals surface area contributed by atoms with Crippen LogP contribution < -0.4 is 24.2 Å². The Bertz CT molecular complexity index is 3170. The number of aryl methyl sites for hydroxylation is 2. The lowest BCUT2D eigenvalue weighted by Gasteiger charge is -2.24. The first-order valence-electron chi connectivity index (χ1n) is 19.5. The molecule has 0 aliphatic carbocycles. The number of rotatable bonds is 7. The first-order chi connectivity index (χ1) is 28.6. The van der Waals surface area contributed by atoms with E-state index in [1.165, 1.54) is 10.8 Å². The summed E-state index contributed by atoms with van der Waals surface area (Å²) in [6.07, 6.45) is 5.56. The fourth-order valence-corrected chi connectivity index (χ4v) is 8.58. The molecule has 0 N–H and O–H groups in total. The van der Waals surface area contributed by atoms with Gasteiger partial charge < -0.3 is 18.8 Å². The number of hydrogen-bond donors (Lipinski definition) is 0. The Morgan fingerprint density at radius 2 is 1.26 bits per heavy atom. The third-order valence-electron chi connectivity index (χ3n) is 11.1. The fraction of sp³-hybridized carbons (Fsp3) is 0.0400. The van der Waals surface area contributed by atoms with E-state index in [1.54, 1.807) is 0 Å². The molecule has 0 radical (unpaired) electrons. The molecule has 0 saturated heterocycles. The van der Waals surface area contributed by atoms with Gasteiger partial charge in [-0.3, -0.25) is 9.13 Å². The van der Waals surface area contributed by atoms with Gasteiger partial charge in [0, 0.05) is 34.4 Å². The molecule has 0 unspecified atom stereocenters. The zero-order valence-electron chi connectivity index (χ0n) is 32.0. The van der Waals surface area contributed by atoms with Crippen LogP contribution in [0.2, 0.25) is 0 Å². The van der Waals surface area contributed by atoms with Gasteiger partial charge in [-0.25, -0.2) is 4.98 Å². The smallest absolute Gasteiger partial charge is 0.526 e. The molecule has 3 aromatic heterocycles. The molecule has 7 aromatic carbocycles. The molecule has 1 aliphatic rings. The van der Waals surface area contributed by atoms with Gasteiger partial charge in [-0.2, -0.15) is 0 Å². The van der Waals surface area contributed by atoms with Crippen LogP contribution in [0.1, 0.15) is 11.1 Å². The lowest BCUT2D eigenvalue weighted by Crippen LogP contribution is -2.49. The van der Waals surface area contributed by atoms with Crippen LogP contribution in [-0.2, 0) is 0 Å². The number of benzene rings is 7. The highest BCUT2D eigenvalue weighted by atomic mass is 16.5. The number of fused-ring (bicyclic) bond motifs is 5. The van der Waals surface area contributed by atoms with Crippen LogP contribution >= 0.6 is 0 Å². The van der Waals surface area contributed by atoms with Gasteiger partial charge in [0.1, 0.15) is 17.2 Å². The average molecular weight is 750 g/mol. The number of imidazole rings is 1. The molecule has 276 valence electrons. The number of hydrogen-bond acceptors (Lipinski definition) is 4. The van der Waals surface area contributed by atoms with Crippen molar-refractivity contribution in [3.63, 3.8) is 0 Å². The SMILES string of the molecule is Cc1cccc(C)c1B1Oc2cccnc2N1c1cccc(Oc2cccc(-n3[c-][n+](-c4cccc5c6ccccc6n(-c6ccccc6)c45)c4ccccc43)c2)c1. The number of pyridine rings is 1. The van der Waals surface area contributed by atoms with Crippen molar-refractivity contribution in [2.24, 2.45) is 0 Å². The summed E-state index contributed by atoms with van der Waals surface area (Å²) >= 11 is 0. The Kier molecular flexibility index (Phi) is 7.89. The van der Waals surface area contributed by atoms with Crippen LogP contribution in [-0.4, -0.2) is 21.2 Å². The lowest BCUT2D eigenvalue weighted by molar-refractivity contribution is -0.571. The maximum Gasteiger partial charge on any atom is 0.526 e. The number of aromatic nitrogens is 4. The normalized spacial score (nSPS) is 12.4. The largest absolute Gasteiger partial charge is 0.535 e. The van der Waals surface area contributed by atoms with E-state index in [2.05, 4.69) is 178 Å². The van der Waals surface area contributed by atoms with Crippen LogP contribution in [0, 0.1) is 20.2 Å². The maximum absolute atomic E-state index is 6.65. The quantitative estimate of drug-likeness (QED) is 0.0925. The van der Waals surface area contributed by atoms with E-state index in [4.69, 9.17) is 14.4 Å². The Morgan fingerprint density at radius 3 is 2.09 bits per heavy atom. The van der Waals surface area contributed by atoms with Crippen LogP contribution in [0.4, 0.5) is 11.5 Å². The zero-order chi connectivity index (χ0) is 38.7. The summed E-state index contributed by atoms with van der Waals surface area (Å²) in [6.45, 7) is 4.26. The van der Waals surface area contributed by atoms with Gasteiger partial charge in [-0.05, 0) is 86.0 Å². The fourth-order valence-electron chi connectivity index (χ4n) is 8.58. The summed E-state index contributed by atoms with van der Waals surface area (Å²) in [5, 5.41) is 2.40. The highest BCUT2D eigenvalue weighted by Gasteiger charge is 2.42. The van der Waals surface area contributed by atoms with Crippen molar-refractivity contribution in [1.82, 2.24) is 14.1 Å². The summed E-state index contributed by atoms with van der Waals surface area (Å²) < 4.78 is 19.9. The summed E-state index contributed by atoms with van der Waals surface area (Å²) in [4.78, 5) is 6.92. The molecule has 4 heterocycles. The van der Waals surface area contributed by atoms with Gasteiger partial charge in [0.05, 0.1) is 33.4 Å². The Balaban J connectivity index is 0.989. The van der Waals surface area contributed by atoms with Gasteiger partial charge in [-0.1, -0.05) is 114 Å². The second-order valence-corrected chi connectivity index (χ2v) is 14.7. The predicted molar refractivity (Wildman–Crippen MR) is 233 cm³/mol. The van der Waals surface area contributed by atoms with Gasteiger partial charge in [0.25, 0.3) is 6.33 Å². The molecule has 1 aliphatic heterocycles. The van der Waals surface area contributed by atoms with Crippen LogP contribution in [0.3, 0.4) is 0 Å². The molecule has 0 amide bonds. The molecule has 0 bridgehead atoms. The van der Waals surface area contributed by atoms with E-state index < -0.39 is 0 Å². The van der Waals surface area contributed by atoms with E-state index in [-0.39, 0.29) is 7.05 Å². The highest BCUT2D eigenvalue weighted by Crippen LogP contribution is 2.41. The lowest BCUT2D eigenvalue weighted by atomic mass is 9.67. The second-order valence-electron chi connectivity index (χ2n) is 14.7. The molecule has 10 aromatic rings. The van der Waals surface area contributed by atoms with Crippen molar-refractivity contribution in [2.45, 2.75) is 13.8 Å². The predicted octanol–water partition coefficient (Wildman–Crippen LogP) is 10.5. The van der Waals surface area contributed by atoms with Crippen LogP contribution in [0.15, 0.2) is 182 Å². The molecular formula is C50H36BN5O2. The van der Waals surface area contributed by atoms with Crippen molar-refractivity contribution < 1.29 is 14.0 Å². The van der Waals surface area contributed by atoms with Crippen molar-refractivity contribution in [3.05, 3.63) is 200 Å². The number of para-hydroxylation sites is 5. The molecule has 0 fully saturated rings. The highest BCUT2D eigenvalue weighted by molar-refractivity contribution is 6.75. The first-order valence-corrected chi connectivity index (χ1v) is 19.5. The molecule has 0 atom stereocenters. The van der Waals surface area contributed by atoms with Crippen molar-refractivity contribution in [1.29, 1.82) is 0 Å². The monoisotopic (exact) mass is 749 g/mol. The Hall–Kier alpha value is -7.58. The summed E-state index contributed by atoms with van der Waals surface area (Å²) in [6, 6.07) is 60.7. The van der Waals surface area contributed by atoms with E-state index >= 15 is 0 Å². The first kappa shape index (κ1) is 33.7. The molecule has 0 spiro atoms. The third kappa shape index (κ3) is 5.45. The summed E-state index contributed by atoms with van der Waals surface area (Å²) in [5.41, 5.74) is 11.8. The van der Waals surface area contributed by atoms with Crippen LogP contribution in [0.25, 0.3) is 49.9 Å². The molecule has 0 saturated carbocycles. The number of ether oxygens (including phenoxy) is 1. The number of anilines is 2. The average Bonchev–Trinajstić information content (AvgIpc) is 3.94. The molecule has 11 rings (SSSR count). The maximum atomic E-state index is 6.65. The Morgan fingerprint density at radius 1 is 0.603 bits per heavy atom. The third-order valence-corrected chi connectivity index (χ3v) is 11.1. The minimum Gasteiger partial charge on any atom is -0.535 e. The molecule has 7 nitrogen and oxygen atoms in total. The van der Waals surface area contributed by atoms with E-state index in [9.17, 15) is 0 Å². The van der Waals surface area contributed by atoms with Gasteiger partial charge in [0.2, 0.25) is 0 Å². The molecular weight excluding hydrogens is 713 g/mol. The van der Waals surface area contributed by atoms with Gasteiger partial charge >= 0.3 is 7.05 Å². The standard InChI is InChI=1S/C50H36BN5O2/c1-34-15-10-16-35(2)48(34)51-56(50-47(58-51)29-14-30-52-50)38-20-12-22-40(32-38)57-39-21-11-19-37(31-39)53-33-54(45-27-9-8-26-44(45)53)46-28-13-24-42-41-23-6-7-25-43(41)55(49(42)46)36-17-4-3-5-18-36/h3-32H,1-2H3. The molecule has 8 heteroatoms. The van der Waals surface area contributed by atoms with E-state index in [0.717, 1.165) is 73.0 Å². The zero-order valence-corrected chi connectivity index (χ0v) is 32.0. The van der Waals surface area contributed by atoms with Crippen molar-refractivity contribution >= 4 is 56.9 Å². The van der Waals surface area contributed by atoms with Crippen molar-refractivity contribution in [3.8, 4) is 34.3 Å². The van der Waals surface area contributed by atoms with Crippen LogP contribution in [0.5, 0.6) is 17.2 Å². The summed E-state index contributed by atoms with van der Waals surface area (Å²) in [7, 11) is -0.367. The number of nitrogens with zero attached hydrogens (tertiary/aromatic N) is 5. The Labute approximate surface area is 336 Å². The minimum atomic E-state index is -0.367. The minimum absolute atomic E-state index is 0.367. The second kappa shape index (κ2) is 13.6. The van der Waals surface area contributed by atoms with Gasteiger partial charge in [-0.15, -0.1) is 0 Å². The molecule has 58 heavy (non-hydrogen) atoms. The summed E-state index contributed by atoms with van der Waals surface area (Å²) in [5.74, 6) is 2.94. The van der Waals surface area contributed by atoms with E-state index in [0.29, 0.717) is 11.5 Å².